The number of unbranched alkanes of at least 4 members (excludes halogenated alkanes) is 1. The van der Waals surface area contributed by atoms with Crippen molar-refractivity contribution in [1.82, 2.24) is 20.2 Å². The van der Waals surface area contributed by atoms with Gasteiger partial charge in [0, 0.05) is 25.5 Å². The first-order valence-corrected chi connectivity index (χ1v) is 6.55. The predicted octanol–water partition coefficient (Wildman–Crippen LogP) is 1.17. The average molecular weight is 252 g/mol. The highest BCUT2D eigenvalue weighted by Crippen LogP contribution is 2.01. The zero-order chi connectivity index (χ0) is 13.4. The van der Waals surface area contributed by atoms with E-state index in [1.165, 1.54) is 0 Å². The highest BCUT2D eigenvalue weighted by Gasteiger charge is 2.25. The molecule has 5 heteroatoms. The van der Waals surface area contributed by atoms with Crippen LogP contribution in [0.15, 0.2) is 18.7 Å². The molecule has 1 aromatic heterocycles. The Kier molecular flexibility index (Phi) is 5.85. The molecule has 0 bridgehead atoms. The molecule has 1 rings (SSSR count). The smallest absolute Gasteiger partial charge is 0.239 e. The number of hydrogen-bond donors (Lipinski definition) is 2. The fraction of sp³-hybridized carbons (Fsp3) is 0.692. The van der Waals surface area contributed by atoms with Crippen molar-refractivity contribution in [3.63, 3.8) is 0 Å². The molecule has 102 valence electrons. The quantitative estimate of drug-likeness (QED) is 0.683. The van der Waals surface area contributed by atoms with E-state index in [-0.39, 0.29) is 5.91 Å². The Bertz CT molecular complexity index is 346. The lowest BCUT2D eigenvalue weighted by Gasteiger charge is -2.24. The van der Waals surface area contributed by atoms with Crippen LogP contribution in [-0.4, -0.2) is 34.1 Å². The number of hydrogen-bond acceptors (Lipinski definition) is 3. The Labute approximate surface area is 109 Å². The molecule has 0 unspecified atom stereocenters. The minimum atomic E-state index is -0.487. The van der Waals surface area contributed by atoms with E-state index in [1.54, 1.807) is 6.20 Å². The van der Waals surface area contributed by atoms with Gasteiger partial charge >= 0.3 is 0 Å². The summed E-state index contributed by atoms with van der Waals surface area (Å²) < 4.78 is 2.05. The highest BCUT2D eigenvalue weighted by molar-refractivity contribution is 5.85. The lowest BCUT2D eigenvalue weighted by Crippen LogP contribution is -2.52. The Morgan fingerprint density at radius 2 is 2.17 bits per heavy atom. The number of aryl methyl sites for hydroxylation is 1. The number of likely N-dealkylation sites (N-methyl/N-ethyl adjacent to an activating group) is 1. The number of carbonyl (C=O) groups excluding carboxylic acids is 1. The fourth-order valence-electron chi connectivity index (χ4n) is 1.78. The number of aromatic nitrogens is 2. The molecule has 0 fully saturated rings. The fourth-order valence-corrected chi connectivity index (χ4v) is 1.78. The molecule has 1 aromatic rings. The molecule has 2 N–H and O–H groups in total. The molecule has 0 saturated carbocycles. The normalized spacial score (nSPS) is 11.5. The van der Waals surface area contributed by atoms with Gasteiger partial charge < -0.3 is 15.2 Å². The van der Waals surface area contributed by atoms with Crippen molar-refractivity contribution in [2.75, 3.05) is 13.1 Å². The Balaban J connectivity index is 2.12. The molecule has 18 heavy (non-hydrogen) atoms. The van der Waals surface area contributed by atoms with Crippen molar-refractivity contribution >= 4 is 5.91 Å². The van der Waals surface area contributed by atoms with Crippen LogP contribution >= 0.6 is 0 Å². The highest BCUT2D eigenvalue weighted by atomic mass is 16.2. The molecule has 0 radical (unpaired) electrons. The van der Waals surface area contributed by atoms with E-state index in [2.05, 4.69) is 15.6 Å². The lowest BCUT2D eigenvalue weighted by atomic mass is 10.0. The van der Waals surface area contributed by atoms with Gasteiger partial charge in [0.1, 0.15) is 0 Å². The third-order valence-electron chi connectivity index (χ3n) is 2.87. The van der Waals surface area contributed by atoms with Crippen molar-refractivity contribution in [3.8, 4) is 0 Å². The minimum absolute atomic E-state index is 0.0620. The van der Waals surface area contributed by atoms with E-state index in [0.717, 1.165) is 32.5 Å². The van der Waals surface area contributed by atoms with Crippen LogP contribution in [0.3, 0.4) is 0 Å². The summed E-state index contributed by atoms with van der Waals surface area (Å²) in [5, 5.41) is 6.12. The molecule has 5 nitrogen and oxygen atoms in total. The number of imidazole rings is 1. The summed E-state index contributed by atoms with van der Waals surface area (Å²) in [6.07, 6.45) is 7.56. The van der Waals surface area contributed by atoms with Gasteiger partial charge in [-0.25, -0.2) is 4.98 Å². The third kappa shape index (κ3) is 4.87. The first-order chi connectivity index (χ1) is 8.56. The molecule has 0 aliphatic heterocycles. The van der Waals surface area contributed by atoms with Crippen molar-refractivity contribution in [3.05, 3.63) is 18.7 Å². The summed E-state index contributed by atoms with van der Waals surface area (Å²) >= 11 is 0. The van der Waals surface area contributed by atoms with E-state index in [9.17, 15) is 4.79 Å². The molecular formula is C13H24N4O. The first-order valence-electron chi connectivity index (χ1n) is 6.55. The number of rotatable bonds is 8. The first kappa shape index (κ1) is 14.7. The molecule has 0 saturated heterocycles. The van der Waals surface area contributed by atoms with Gasteiger partial charge in [0.2, 0.25) is 5.91 Å². The van der Waals surface area contributed by atoms with Crippen molar-refractivity contribution < 1.29 is 4.79 Å². The van der Waals surface area contributed by atoms with Crippen LogP contribution in [0.25, 0.3) is 0 Å². The van der Waals surface area contributed by atoms with Gasteiger partial charge in [0.05, 0.1) is 11.9 Å². The average Bonchev–Trinajstić information content (AvgIpc) is 2.81. The lowest BCUT2D eigenvalue weighted by molar-refractivity contribution is -0.126. The summed E-state index contributed by atoms with van der Waals surface area (Å²) in [6, 6.07) is 0. The van der Waals surface area contributed by atoms with Crippen LogP contribution < -0.4 is 10.6 Å². The van der Waals surface area contributed by atoms with Crippen molar-refractivity contribution in [2.45, 2.75) is 45.7 Å². The largest absolute Gasteiger partial charge is 0.355 e. The number of carbonyl (C=O) groups is 1. The molecule has 1 amide bonds. The van der Waals surface area contributed by atoms with Gasteiger partial charge in [-0.1, -0.05) is 6.92 Å². The molecule has 0 spiro atoms. The van der Waals surface area contributed by atoms with Gasteiger partial charge in [-0.15, -0.1) is 0 Å². The van der Waals surface area contributed by atoms with Crippen LogP contribution in [0.2, 0.25) is 0 Å². The Hall–Kier alpha value is -1.36. The molecule has 1 heterocycles. The second-order valence-corrected chi connectivity index (χ2v) is 4.92. The Morgan fingerprint density at radius 1 is 1.39 bits per heavy atom. The SMILES string of the molecule is CCNC(C)(C)C(=O)NCCCCn1ccnc1. The van der Waals surface area contributed by atoms with Crippen LogP contribution in [0.4, 0.5) is 0 Å². The van der Waals surface area contributed by atoms with E-state index >= 15 is 0 Å². The number of amides is 1. The second-order valence-electron chi connectivity index (χ2n) is 4.92. The molecular weight excluding hydrogens is 228 g/mol. The molecule has 0 atom stereocenters. The van der Waals surface area contributed by atoms with Gasteiger partial charge in [0.15, 0.2) is 0 Å². The molecule has 0 aromatic carbocycles. The zero-order valence-corrected chi connectivity index (χ0v) is 11.6. The van der Waals surface area contributed by atoms with Crippen LogP contribution in [-0.2, 0) is 11.3 Å². The van der Waals surface area contributed by atoms with Gasteiger partial charge in [0.25, 0.3) is 0 Å². The molecule has 0 aliphatic rings. The minimum Gasteiger partial charge on any atom is -0.355 e. The maximum Gasteiger partial charge on any atom is 0.239 e. The summed E-state index contributed by atoms with van der Waals surface area (Å²) in [5.41, 5.74) is -0.487. The van der Waals surface area contributed by atoms with Gasteiger partial charge in [-0.2, -0.15) is 0 Å². The van der Waals surface area contributed by atoms with Crippen molar-refractivity contribution in [2.24, 2.45) is 0 Å². The van der Waals surface area contributed by atoms with Gasteiger partial charge in [-0.05, 0) is 33.2 Å². The monoisotopic (exact) mass is 252 g/mol. The maximum absolute atomic E-state index is 11.9. The standard InChI is InChI=1S/C13H24N4O/c1-4-16-13(2,3)12(18)15-7-5-6-9-17-10-8-14-11-17/h8,10-11,16H,4-7,9H2,1-3H3,(H,15,18). The van der Waals surface area contributed by atoms with E-state index in [1.807, 2.05) is 37.9 Å². The van der Waals surface area contributed by atoms with E-state index in [4.69, 9.17) is 0 Å². The second kappa shape index (κ2) is 7.16. The maximum atomic E-state index is 11.9. The van der Waals surface area contributed by atoms with Crippen molar-refractivity contribution in [1.29, 1.82) is 0 Å². The zero-order valence-electron chi connectivity index (χ0n) is 11.6. The van der Waals surface area contributed by atoms with Crippen LogP contribution in [0, 0.1) is 0 Å². The molecule has 0 aliphatic carbocycles. The summed E-state index contributed by atoms with van der Waals surface area (Å²) in [4.78, 5) is 15.8. The topological polar surface area (TPSA) is 59.0 Å². The number of nitrogens with one attached hydrogen (secondary N) is 2. The van der Waals surface area contributed by atoms with Crippen LogP contribution in [0.5, 0.6) is 0 Å². The van der Waals surface area contributed by atoms with Gasteiger partial charge in [-0.3, -0.25) is 4.79 Å². The number of nitrogens with zero attached hydrogens (tertiary/aromatic N) is 2. The summed E-state index contributed by atoms with van der Waals surface area (Å²) in [6.45, 7) is 8.27. The summed E-state index contributed by atoms with van der Waals surface area (Å²) in [5.74, 6) is 0.0620. The Morgan fingerprint density at radius 3 is 2.78 bits per heavy atom. The summed E-state index contributed by atoms with van der Waals surface area (Å²) in [7, 11) is 0. The predicted molar refractivity (Wildman–Crippen MR) is 72.2 cm³/mol. The third-order valence-corrected chi connectivity index (χ3v) is 2.87. The van der Waals surface area contributed by atoms with E-state index < -0.39 is 5.54 Å². The van der Waals surface area contributed by atoms with Crippen LogP contribution in [0.1, 0.15) is 33.6 Å². The van der Waals surface area contributed by atoms with E-state index in [0.29, 0.717) is 0 Å².